The molecule has 116 valence electrons. The van der Waals surface area contributed by atoms with Gasteiger partial charge in [0.15, 0.2) is 0 Å². The molecule has 0 saturated carbocycles. The second-order valence-electron chi connectivity index (χ2n) is 6.38. The molecule has 0 bridgehead atoms. The number of rotatable bonds is 7. The molecule has 2 atom stereocenters. The van der Waals surface area contributed by atoms with Crippen LogP contribution in [-0.4, -0.2) is 23.5 Å². The van der Waals surface area contributed by atoms with Crippen LogP contribution in [0.2, 0.25) is 0 Å². The van der Waals surface area contributed by atoms with Gasteiger partial charge in [-0.05, 0) is 30.7 Å². The summed E-state index contributed by atoms with van der Waals surface area (Å²) in [5.74, 6) is 0.939. The average Bonchev–Trinajstić information content (AvgIpc) is 2.77. The summed E-state index contributed by atoms with van der Waals surface area (Å²) in [6.07, 6.45) is 4.58. The molecule has 2 unspecified atom stereocenters. The first-order valence-corrected chi connectivity index (χ1v) is 8.25. The van der Waals surface area contributed by atoms with Gasteiger partial charge >= 0.3 is 0 Å². The van der Waals surface area contributed by atoms with E-state index in [2.05, 4.69) is 31.0 Å². The number of nitrogens with zero attached hydrogens (tertiary/aromatic N) is 1. The molecule has 1 aromatic rings. The highest BCUT2D eigenvalue weighted by Gasteiger charge is 2.38. The van der Waals surface area contributed by atoms with Crippen LogP contribution in [0.3, 0.4) is 0 Å². The fraction of sp³-hybridized carbons (Fsp3) is 0.611. The van der Waals surface area contributed by atoms with Crippen LogP contribution in [-0.2, 0) is 4.79 Å². The summed E-state index contributed by atoms with van der Waals surface area (Å²) in [4.78, 5) is 14.8. The van der Waals surface area contributed by atoms with Crippen LogP contribution >= 0.6 is 0 Å². The Morgan fingerprint density at radius 1 is 1.24 bits per heavy atom. The van der Waals surface area contributed by atoms with Crippen LogP contribution in [0.25, 0.3) is 0 Å². The molecule has 21 heavy (non-hydrogen) atoms. The van der Waals surface area contributed by atoms with Gasteiger partial charge in [-0.1, -0.05) is 57.5 Å². The summed E-state index contributed by atoms with van der Waals surface area (Å²) < 4.78 is 0. The quantitative estimate of drug-likeness (QED) is 0.829. The lowest BCUT2D eigenvalue weighted by Crippen LogP contribution is -2.37. The molecule has 3 heteroatoms. The van der Waals surface area contributed by atoms with Crippen molar-refractivity contribution in [3.63, 3.8) is 0 Å². The number of carbonyl (C=O) groups excluding carboxylic acids is 1. The third-order valence-electron chi connectivity index (χ3n) is 4.14. The molecule has 2 rings (SSSR count). The maximum absolute atomic E-state index is 12.7. The molecular weight excluding hydrogens is 260 g/mol. The van der Waals surface area contributed by atoms with Gasteiger partial charge in [-0.25, -0.2) is 0 Å². The lowest BCUT2D eigenvalue weighted by atomic mass is 10.1. The molecule has 0 radical (unpaired) electrons. The minimum Gasteiger partial charge on any atom is -0.325 e. The minimum atomic E-state index is -0.165. The Morgan fingerprint density at radius 2 is 1.95 bits per heavy atom. The van der Waals surface area contributed by atoms with E-state index < -0.39 is 0 Å². The number of carbonyl (C=O) groups is 1. The van der Waals surface area contributed by atoms with Gasteiger partial charge in [-0.2, -0.15) is 0 Å². The van der Waals surface area contributed by atoms with Crippen LogP contribution in [0, 0.1) is 5.92 Å². The molecule has 1 aliphatic rings. The third kappa shape index (κ3) is 4.07. The molecule has 0 aromatic heterocycles. The number of hydrogen-bond donors (Lipinski definition) is 1. The van der Waals surface area contributed by atoms with Gasteiger partial charge in [0.25, 0.3) is 0 Å². The summed E-state index contributed by atoms with van der Waals surface area (Å²) in [5.41, 5.74) is 1.08. The highest BCUT2D eigenvalue weighted by Crippen LogP contribution is 2.26. The van der Waals surface area contributed by atoms with Crippen molar-refractivity contribution in [2.24, 2.45) is 5.92 Å². The van der Waals surface area contributed by atoms with Gasteiger partial charge in [-0.3, -0.25) is 10.1 Å². The van der Waals surface area contributed by atoms with Gasteiger partial charge in [0.2, 0.25) is 5.91 Å². The normalized spacial score (nSPS) is 22.3. The summed E-state index contributed by atoms with van der Waals surface area (Å²) in [5, 5.41) is 3.52. The second kappa shape index (κ2) is 7.60. The summed E-state index contributed by atoms with van der Waals surface area (Å²) >= 11 is 0. The van der Waals surface area contributed by atoms with Gasteiger partial charge < -0.3 is 4.90 Å². The molecule has 1 saturated heterocycles. The van der Waals surface area contributed by atoms with Crippen molar-refractivity contribution < 1.29 is 4.79 Å². The van der Waals surface area contributed by atoms with Crippen LogP contribution in [0.4, 0.5) is 0 Å². The topological polar surface area (TPSA) is 32.3 Å². The molecule has 0 spiro atoms. The molecule has 1 fully saturated rings. The molecular formula is C18H28N2O. The Kier molecular flexibility index (Phi) is 5.80. The smallest absolute Gasteiger partial charge is 0.245 e. The highest BCUT2D eigenvalue weighted by molar-refractivity contribution is 5.85. The molecule has 1 heterocycles. The second-order valence-corrected chi connectivity index (χ2v) is 6.38. The Bertz CT molecular complexity index is 444. The largest absolute Gasteiger partial charge is 0.325 e. The Balaban J connectivity index is 2.05. The fourth-order valence-corrected chi connectivity index (χ4v) is 3.01. The summed E-state index contributed by atoms with van der Waals surface area (Å²) in [6, 6.07) is 9.90. The van der Waals surface area contributed by atoms with Crippen molar-refractivity contribution in [2.75, 3.05) is 6.54 Å². The fourth-order valence-electron chi connectivity index (χ4n) is 3.01. The summed E-state index contributed by atoms with van der Waals surface area (Å²) in [6.45, 7) is 7.52. The van der Waals surface area contributed by atoms with E-state index in [9.17, 15) is 4.79 Å². The van der Waals surface area contributed by atoms with E-state index in [-0.39, 0.29) is 18.1 Å². The highest BCUT2D eigenvalue weighted by atomic mass is 16.2. The van der Waals surface area contributed by atoms with Crippen LogP contribution in [0.1, 0.15) is 58.1 Å². The van der Waals surface area contributed by atoms with Crippen molar-refractivity contribution in [2.45, 2.75) is 58.7 Å². The molecule has 0 aliphatic carbocycles. The number of hydrogen-bond acceptors (Lipinski definition) is 2. The molecule has 1 amide bonds. The van der Waals surface area contributed by atoms with Crippen molar-refractivity contribution in [3.8, 4) is 0 Å². The zero-order valence-electron chi connectivity index (χ0n) is 13.5. The van der Waals surface area contributed by atoms with Crippen molar-refractivity contribution in [3.05, 3.63) is 35.9 Å². The van der Waals surface area contributed by atoms with Gasteiger partial charge in [0.1, 0.15) is 6.04 Å². The van der Waals surface area contributed by atoms with E-state index >= 15 is 0 Å². The van der Waals surface area contributed by atoms with Crippen LogP contribution < -0.4 is 5.32 Å². The zero-order chi connectivity index (χ0) is 15.2. The monoisotopic (exact) mass is 288 g/mol. The zero-order valence-corrected chi connectivity index (χ0v) is 13.5. The van der Waals surface area contributed by atoms with E-state index in [1.807, 2.05) is 30.3 Å². The van der Waals surface area contributed by atoms with E-state index in [0.29, 0.717) is 5.92 Å². The van der Waals surface area contributed by atoms with Gasteiger partial charge in [0, 0.05) is 6.54 Å². The molecule has 1 N–H and O–H groups in total. The summed E-state index contributed by atoms with van der Waals surface area (Å²) in [7, 11) is 0. The standard InChI is InChI=1S/C18H28N2O/c1-4-9-16-19-17(15-11-6-5-7-12-15)18(21)20(16)13-8-10-14(2)3/h5-7,11-12,14,16-17,19H,4,8-10,13H2,1-3H3. The number of benzene rings is 1. The number of amides is 1. The van der Waals surface area contributed by atoms with Gasteiger partial charge in [-0.15, -0.1) is 0 Å². The van der Waals surface area contributed by atoms with E-state index in [4.69, 9.17) is 0 Å². The molecule has 1 aliphatic heterocycles. The average molecular weight is 288 g/mol. The number of nitrogens with one attached hydrogen (secondary N) is 1. The van der Waals surface area contributed by atoms with E-state index in [1.165, 1.54) is 6.42 Å². The lowest BCUT2D eigenvalue weighted by Gasteiger charge is -2.24. The molecule has 3 nitrogen and oxygen atoms in total. The maximum Gasteiger partial charge on any atom is 0.245 e. The first-order chi connectivity index (χ1) is 10.1. The van der Waals surface area contributed by atoms with E-state index in [1.54, 1.807) is 0 Å². The minimum absolute atomic E-state index is 0.165. The first-order valence-electron chi connectivity index (χ1n) is 8.25. The van der Waals surface area contributed by atoms with Crippen molar-refractivity contribution >= 4 is 5.91 Å². The van der Waals surface area contributed by atoms with Gasteiger partial charge in [0.05, 0.1) is 6.17 Å². The Morgan fingerprint density at radius 3 is 2.57 bits per heavy atom. The van der Waals surface area contributed by atoms with Crippen molar-refractivity contribution in [1.29, 1.82) is 0 Å². The van der Waals surface area contributed by atoms with Crippen molar-refractivity contribution in [1.82, 2.24) is 10.2 Å². The van der Waals surface area contributed by atoms with Crippen LogP contribution in [0.15, 0.2) is 30.3 Å². The maximum atomic E-state index is 12.7. The SMILES string of the molecule is CCCC1NC(c2ccccc2)C(=O)N1CCCC(C)C. The predicted molar refractivity (Wildman–Crippen MR) is 86.8 cm³/mol. The van der Waals surface area contributed by atoms with E-state index in [0.717, 1.165) is 31.4 Å². The molecule has 1 aromatic carbocycles. The Hall–Kier alpha value is -1.35. The first kappa shape index (κ1) is 16.0. The van der Waals surface area contributed by atoms with Crippen LogP contribution in [0.5, 0.6) is 0 Å². The lowest BCUT2D eigenvalue weighted by molar-refractivity contribution is -0.130. The predicted octanol–water partition coefficient (Wildman–Crippen LogP) is 3.72. The Labute approximate surface area is 128 Å². The third-order valence-corrected chi connectivity index (χ3v) is 4.14.